The third-order valence-corrected chi connectivity index (χ3v) is 4.24. The first-order valence-electron chi connectivity index (χ1n) is 8.46. The number of nitrogens with zero attached hydrogens (tertiary/aromatic N) is 4. The van der Waals surface area contributed by atoms with Crippen LogP contribution in [0.5, 0.6) is 0 Å². The summed E-state index contributed by atoms with van der Waals surface area (Å²) in [5.41, 5.74) is 0.279. The molecular weight excluding hydrogens is 322 g/mol. The largest absolute Gasteiger partial charge is 0.449 e. The molecule has 2 aromatic rings. The highest BCUT2D eigenvalue weighted by molar-refractivity contribution is 5.92. The van der Waals surface area contributed by atoms with Gasteiger partial charge in [0.25, 0.3) is 5.91 Å². The maximum atomic E-state index is 12.2. The first kappa shape index (κ1) is 17.1. The van der Waals surface area contributed by atoms with E-state index in [2.05, 4.69) is 20.4 Å². The number of rotatable bonds is 5. The van der Waals surface area contributed by atoms with Gasteiger partial charge in [0.2, 0.25) is 0 Å². The summed E-state index contributed by atoms with van der Waals surface area (Å²) in [6, 6.07) is 3.40. The highest BCUT2D eigenvalue weighted by Gasteiger charge is 2.23. The quantitative estimate of drug-likeness (QED) is 0.829. The second-order valence-electron chi connectivity index (χ2n) is 6.14. The topological polar surface area (TPSA) is 99.0 Å². The molecule has 0 aliphatic heterocycles. The van der Waals surface area contributed by atoms with Crippen molar-refractivity contribution in [3.63, 3.8) is 0 Å². The summed E-state index contributed by atoms with van der Waals surface area (Å²) >= 11 is 0. The Bertz CT molecular complexity index is 708. The van der Waals surface area contributed by atoms with Gasteiger partial charge in [-0.1, -0.05) is 19.3 Å². The molecule has 8 nitrogen and oxygen atoms in total. The van der Waals surface area contributed by atoms with Crippen LogP contribution in [0.1, 0.15) is 49.4 Å². The minimum absolute atomic E-state index is 0.186. The Morgan fingerprint density at radius 3 is 2.72 bits per heavy atom. The number of esters is 1. The second kappa shape index (κ2) is 7.87. The molecule has 2 aromatic heterocycles. The van der Waals surface area contributed by atoms with E-state index in [-0.39, 0.29) is 17.5 Å². The summed E-state index contributed by atoms with van der Waals surface area (Å²) in [6.07, 6.45) is 8.91. The minimum atomic E-state index is -0.843. The fourth-order valence-electron chi connectivity index (χ4n) is 2.82. The van der Waals surface area contributed by atoms with Crippen molar-refractivity contribution in [2.24, 2.45) is 0 Å². The molecule has 0 saturated heterocycles. The van der Waals surface area contributed by atoms with Gasteiger partial charge in [-0.15, -0.1) is 0 Å². The zero-order valence-electron chi connectivity index (χ0n) is 14.1. The third-order valence-electron chi connectivity index (χ3n) is 4.24. The van der Waals surface area contributed by atoms with E-state index < -0.39 is 12.1 Å². The van der Waals surface area contributed by atoms with Gasteiger partial charge in [-0.25, -0.2) is 19.4 Å². The zero-order valence-corrected chi connectivity index (χ0v) is 14.1. The van der Waals surface area contributed by atoms with Crippen molar-refractivity contribution in [3.8, 4) is 5.82 Å². The van der Waals surface area contributed by atoms with E-state index in [1.165, 1.54) is 30.0 Å². The number of ether oxygens (including phenoxy) is 1. The molecule has 0 unspecified atom stereocenters. The molecule has 1 saturated carbocycles. The number of nitrogens with one attached hydrogen (secondary N) is 1. The van der Waals surface area contributed by atoms with Gasteiger partial charge in [0.05, 0.1) is 5.56 Å². The van der Waals surface area contributed by atoms with Crippen LogP contribution in [0.15, 0.2) is 31.0 Å². The van der Waals surface area contributed by atoms with Crippen LogP contribution in [0.3, 0.4) is 0 Å². The predicted molar refractivity (Wildman–Crippen MR) is 89.0 cm³/mol. The Kier molecular flexibility index (Phi) is 5.37. The molecule has 1 amide bonds. The maximum absolute atomic E-state index is 12.2. The van der Waals surface area contributed by atoms with Crippen LogP contribution >= 0.6 is 0 Å². The first-order chi connectivity index (χ1) is 12.1. The number of aromatic nitrogens is 4. The van der Waals surface area contributed by atoms with Crippen LogP contribution in [-0.4, -0.2) is 43.8 Å². The van der Waals surface area contributed by atoms with Gasteiger partial charge >= 0.3 is 5.97 Å². The van der Waals surface area contributed by atoms with E-state index in [1.807, 2.05) is 0 Å². The lowest BCUT2D eigenvalue weighted by Gasteiger charge is -2.24. The molecule has 0 aromatic carbocycles. The Labute approximate surface area is 145 Å². The average Bonchev–Trinajstić information content (AvgIpc) is 3.17. The molecule has 1 fully saturated rings. The van der Waals surface area contributed by atoms with E-state index in [0.29, 0.717) is 5.82 Å². The molecular formula is C17H21N5O3. The molecule has 3 rings (SSSR count). The highest BCUT2D eigenvalue weighted by atomic mass is 16.5. The van der Waals surface area contributed by atoms with Gasteiger partial charge < -0.3 is 10.1 Å². The smallest absolute Gasteiger partial charge is 0.340 e. The summed E-state index contributed by atoms with van der Waals surface area (Å²) in [5, 5.41) is 6.91. The van der Waals surface area contributed by atoms with Gasteiger partial charge in [0, 0.05) is 12.2 Å². The van der Waals surface area contributed by atoms with Crippen LogP contribution in [-0.2, 0) is 9.53 Å². The van der Waals surface area contributed by atoms with Crippen LogP contribution in [0, 0.1) is 0 Å². The van der Waals surface area contributed by atoms with Gasteiger partial charge in [0.15, 0.2) is 11.9 Å². The number of hydrogen-bond acceptors (Lipinski definition) is 6. The predicted octanol–water partition coefficient (Wildman–Crippen LogP) is 1.66. The van der Waals surface area contributed by atoms with Gasteiger partial charge in [0.1, 0.15) is 12.7 Å². The molecule has 1 N–H and O–H groups in total. The molecule has 2 heterocycles. The van der Waals surface area contributed by atoms with Gasteiger partial charge in [-0.3, -0.25) is 4.79 Å². The highest BCUT2D eigenvalue weighted by Crippen LogP contribution is 2.17. The Morgan fingerprint density at radius 2 is 2.08 bits per heavy atom. The first-order valence-corrected chi connectivity index (χ1v) is 8.46. The van der Waals surface area contributed by atoms with Crippen molar-refractivity contribution in [1.29, 1.82) is 0 Å². The molecule has 1 atom stereocenters. The van der Waals surface area contributed by atoms with E-state index in [1.54, 1.807) is 19.1 Å². The summed E-state index contributed by atoms with van der Waals surface area (Å²) in [7, 11) is 0. The molecule has 1 aliphatic rings. The molecule has 0 radical (unpaired) electrons. The summed E-state index contributed by atoms with van der Waals surface area (Å²) < 4.78 is 6.73. The van der Waals surface area contributed by atoms with Crippen molar-refractivity contribution in [1.82, 2.24) is 25.1 Å². The number of pyridine rings is 1. The van der Waals surface area contributed by atoms with E-state index >= 15 is 0 Å². The van der Waals surface area contributed by atoms with Crippen LogP contribution in [0.4, 0.5) is 0 Å². The second-order valence-corrected chi connectivity index (χ2v) is 6.14. The number of amides is 1. The number of carbonyl (C=O) groups excluding carboxylic acids is 2. The van der Waals surface area contributed by atoms with Gasteiger partial charge in [-0.05, 0) is 31.9 Å². The Balaban J connectivity index is 1.54. The minimum Gasteiger partial charge on any atom is -0.449 e. The number of carbonyl (C=O) groups is 2. The molecule has 132 valence electrons. The fraction of sp³-hybridized carbons (Fsp3) is 0.471. The molecule has 0 spiro atoms. The monoisotopic (exact) mass is 343 g/mol. The molecule has 8 heteroatoms. The molecule has 0 bridgehead atoms. The van der Waals surface area contributed by atoms with E-state index in [9.17, 15) is 9.59 Å². The van der Waals surface area contributed by atoms with E-state index in [4.69, 9.17) is 4.74 Å². The zero-order chi connectivity index (χ0) is 17.6. The lowest BCUT2D eigenvalue weighted by Crippen LogP contribution is -2.42. The molecule has 25 heavy (non-hydrogen) atoms. The van der Waals surface area contributed by atoms with Crippen LogP contribution in [0.25, 0.3) is 5.82 Å². The Hall–Kier alpha value is -2.77. The third kappa shape index (κ3) is 4.40. The fourth-order valence-corrected chi connectivity index (χ4v) is 2.82. The normalized spacial score (nSPS) is 16.2. The van der Waals surface area contributed by atoms with E-state index in [0.717, 1.165) is 25.7 Å². The summed E-state index contributed by atoms with van der Waals surface area (Å²) in [5.74, 6) is -0.298. The van der Waals surface area contributed by atoms with Crippen LogP contribution < -0.4 is 5.32 Å². The van der Waals surface area contributed by atoms with Crippen molar-refractivity contribution < 1.29 is 14.3 Å². The Morgan fingerprint density at radius 1 is 1.28 bits per heavy atom. The summed E-state index contributed by atoms with van der Waals surface area (Å²) in [4.78, 5) is 32.3. The standard InChI is InChI=1S/C17H21N5O3/c1-12(16(23)21-14-5-3-2-4-6-14)25-17(24)13-7-8-15(19-9-13)22-11-18-10-20-22/h7-12,14H,2-6H2,1H3,(H,21,23)/t12-/m1/s1. The van der Waals surface area contributed by atoms with Crippen molar-refractivity contribution in [2.75, 3.05) is 0 Å². The average molecular weight is 343 g/mol. The lowest BCUT2D eigenvalue weighted by molar-refractivity contribution is -0.130. The maximum Gasteiger partial charge on any atom is 0.340 e. The molecule has 1 aliphatic carbocycles. The number of hydrogen-bond donors (Lipinski definition) is 1. The summed E-state index contributed by atoms with van der Waals surface area (Å²) in [6.45, 7) is 1.58. The SMILES string of the molecule is C[C@@H](OC(=O)c1ccc(-n2cncn2)nc1)C(=O)NC1CCCCC1. The van der Waals surface area contributed by atoms with Crippen molar-refractivity contribution in [3.05, 3.63) is 36.5 Å². The van der Waals surface area contributed by atoms with Crippen LogP contribution in [0.2, 0.25) is 0 Å². The van der Waals surface area contributed by atoms with Gasteiger partial charge in [-0.2, -0.15) is 5.10 Å². The van der Waals surface area contributed by atoms with Crippen molar-refractivity contribution in [2.45, 2.75) is 51.2 Å². The van der Waals surface area contributed by atoms with Crippen molar-refractivity contribution >= 4 is 11.9 Å². The lowest BCUT2D eigenvalue weighted by atomic mass is 9.95.